The van der Waals surface area contributed by atoms with Crippen LogP contribution in [-0.4, -0.2) is 23.9 Å². The first-order valence-corrected chi connectivity index (χ1v) is 13.5. The summed E-state index contributed by atoms with van der Waals surface area (Å²) in [4.78, 5) is 24.9. The first kappa shape index (κ1) is 34.0. The van der Waals surface area contributed by atoms with E-state index in [4.69, 9.17) is 34.8 Å². The minimum Gasteiger partial charge on any atom is -0.349 e. The summed E-state index contributed by atoms with van der Waals surface area (Å²) in [5, 5.41) is 1.84. The molecule has 12 heteroatoms. The van der Waals surface area contributed by atoms with E-state index in [1.54, 1.807) is 0 Å². The van der Waals surface area contributed by atoms with Crippen molar-refractivity contribution < 1.29 is 35.9 Å². The molecular weight excluding hydrogens is 603 g/mol. The molecule has 220 valence electrons. The Labute approximate surface area is 243 Å². The maximum absolute atomic E-state index is 13.8. The van der Waals surface area contributed by atoms with Crippen molar-refractivity contribution in [3.63, 3.8) is 0 Å². The van der Waals surface area contributed by atoms with Crippen LogP contribution in [-0.2, 0) is 11.0 Å². The summed E-state index contributed by atoms with van der Waals surface area (Å²) in [6, 6.07) is 3.80. The van der Waals surface area contributed by atoms with Crippen LogP contribution in [0.25, 0.3) is 6.08 Å². The Balaban J connectivity index is 2.30. The molecule has 1 N–H and O–H groups in total. The third kappa shape index (κ3) is 9.70. The fourth-order valence-electron chi connectivity index (χ4n) is 3.88. The van der Waals surface area contributed by atoms with Gasteiger partial charge < -0.3 is 5.32 Å². The molecular formula is C28H28Cl3F6NO2. The molecule has 0 aliphatic heterocycles. The molecule has 0 spiro atoms. The van der Waals surface area contributed by atoms with Crippen molar-refractivity contribution in [1.82, 2.24) is 5.32 Å². The summed E-state index contributed by atoms with van der Waals surface area (Å²) in [6.45, 7) is 5.51. The second-order valence-corrected chi connectivity index (χ2v) is 10.8. The van der Waals surface area contributed by atoms with Gasteiger partial charge in [0.15, 0.2) is 0 Å². The molecule has 2 rings (SSSR count). The number of carbonyl (C=O) groups excluding carboxylic acids is 2. The second-order valence-electron chi connectivity index (χ2n) is 9.65. The van der Waals surface area contributed by atoms with E-state index in [9.17, 15) is 35.9 Å². The number of amides is 1. The largest absolute Gasteiger partial charge is 0.417 e. The molecule has 3 nitrogen and oxygen atoms in total. The summed E-state index contributed by atoms with van der Waals surface area (Å²) in [5.41, 5.74) is -2.63. The maximum Gasteiger partial charge on any atom is 0.417 e. The zero-order valence-corrected chi connectivity index (χ0v) is 24.1. The first-order valence-electron chi connectivity index (χ1n) is 12.4. The smallest absolute Gasteiger partial charge is 0.349 e. The van der Waals surface area contributed by atoms with Crippen LogP contribution in [0.2, 0.25) is 15.1 Å². The number of ketones is 1. The van der Waals surface area contributed by atoms with Gasteiger partial charge in [-0.3, -0.25) is 9.59 Å². The van der Waals surface area contributed by atoms with Crippen molar-refractivity contribution in [3.8, 4) is 0 Å². The van der Waals surface area contributed by atoms with E-state index in [-0.39, 0.29) is 38.4 Å². The number of carbonyl (C=O) groups is 2. The summed E-state index contributed by atoms with van der Waals surface area (Å²) in [7, 11) is 0. The highest BCUT2D eigenvalue weighted by molar-refractivity contribution is 6.48. The summed E-state index contributed by atoms with van der Waals surface area (Å²) in [6.07, 6.45) is -6.43. The zero-order valence-electron chi connectivity index (χ0n) is 21.8. The average molecular weight is 631 g/mol. The molecule has 1 amide bonds. The van der Waals surface area contributed by atoms with Crippen molar-refractivity contribution in [2.75, 3.05) is 0 Å². The standard InChI is InChI=1S/C28H28Cl3F6NO2/c1-4-15(2)5-8-19(39)11-16(3)38-26(40)20-9-6-17(12-22(20)28(35,36)37)7-10-21(27(32,33)34)18-13-23(29)25(31)24(30)14-18/h6-7,9-10,12-16,21H,4-5,8,11H2,1-3H3,(H,38,40)/b10-7+/t15?,16-,21?/m1/s1. The predicted octanol–water partition coefficient (Wildman–Crippen LogP) is 9.93. The number of Topliss-reactive ketones (excluding diaryl/α,β-unsaturated/α-hetero) is 1. The molecule has 0 aliphatic rings. The van der Waals surface area contributed by atoms with Gasteiger partial charge in [0.1, 0.15) is 5.78 Å². The van der Waals surface area contributed by atoms with Crippen LogP contribution >= 0.6 is 34.8 Å². The fourth-order valence-corrected chi connectivity index (χ4v) is 4.49. The highest BCUT2D eigenvalue weighted by Crippen LogP contribution is 2.41. The molecule has 0 heterocycles. The molecule has 0 aliphatic carbocycles. The SMILES string of the molecule is CCC(C)CCC(=O)C[C@@H](C)NC(=O)c1ccc(/C=C/C(c2cc(Cl)c(Cl)c(Cl)c2)C(F)(F)F)cc1C(F)(F)F. The highest BCUT2D eigenvalue weighted by atomic mass is 35.5. The molecule has 0 aromatic heterocycles. The third-order valence-electron chi connectivity index (χ3n) is 6.32. The van der Waals surface area contributed by atoms with Crippen LogP contribution in [0, 0.1) is 5.92 Å². The summed E-state index contributed by atoms with van der Waals surface area (Å²) < 4.78 is 82.9. The fraction of sp³-hybridized carbons (Fsp3) is 0.429. The van der Waals surface area contributed by atoms with Crippen LogP contribution < -0.4 is 5.32 Å². The Morgan fingerprint density at radius 2 is 1.57 bits per heavy atom. The van der Waals surface area contributed by atoms with Gasteiger partial charge in [-0.15, -0.1) is 0 Å². The molecule has 0 fully saturated rings. The number of hydrogen-bond donors (Lipinski definition) is 1. The number of halogens is 9. The van der Waals surface area contributed by atoms with Crippen LogP contribution in [0.3, 0.4) is 0 Å². The molecule has 0 saturated heterocycles. The molecule has 2 aromatic carbocycles. The topological polar surface area (TPSA) is 46.2 Å². The molecule has 0 bridgehead atoms. The first-order chi connectivity index (χ1) is 18.4. The van der Waals surface area contributed by atoms with Gasteiger partial charge in [0.2, 0.25) is 0 Å². The lowest BCUT2D eigenvalue weighted by molar-refractivity contribution is -0.139. The van der Waals surface area contributed by atoms with Crippen molar-refractivity contribution in [3.05, 3.63) is 73.7 Å². The third-order valence-corrected chi connectivity index (χ3v) is 7.51. The summed E-state index contributed by atoms with van der Waals surface area (Å²) >= 11 is 17.5. The zero-order chi connectivity index (χ0) is 30.4. The van der Waals surface area contributed by atoms with E-state index in [2.05, 4.69) is 5.32 Å². The van der Waals surface area contributed by atoms with E-state index >= 15 is 0 Å². The predicted molar refractivity (Wildman–Crippen MR) is 146 cm³/mol. The van der Waals surface area contributed by atoms with Crippen LogP contribution in [0.4, 0.5) is 26.3 Å². The quantitative estimate of drug-likeness (QED) is 0.198. The molecule has 2 unspecified atom stereocenters. The normalized spacial score (nSPS) is 14.7. The van der Waals surface area contributed by atoms with Crippen LogP contribution in [0.15, 0.2) is 36.4 Å². The Kier molecular flexibility index (Phi) is 12.0. The van der Waals surface area contributed by atoms with E-state index < -0.39 is 41.3 Å². The number of benzene rings is 2. The van der Waals surface area contributed by atoms with Gasteiger partial charge in [0, 0.05) is 18.9 Å². The molecule has 3 atom stereocenters. The van der Waals surface area contributed by atoms with E-state index in [0.29, 0.717) is 30.9 Å². The highest BCUT2D eigenvalue weighted by Gasteiger charge is 2.40. The number of nitrogens with one attached hydrogen (secondary N) is 1. The lowest BCUT2D eigenvalue weighted by Crippen LogP contribution is -2.35. The number of alkyl halides is 6. The molecule has 2 aromatic rings. The minimum atomic E-state index is -4.98. The summed E-state index contributed by atoms with van der Waals surface area (Å²) in [5.74, 6) is -3.07. The number of rotatable bonds is 11. The molecule has 40 heavy (non-hydrogen) atoms. The van der Waals surface area contributed by atoms with Crippen molar-refractivity contribution in [2.45, 2.75) is 70.8 Å². The Morgan fingerprint density at radius 1 is 0.975 bits per heavy atom. The van der Waals surface area contributed by atoms with Crippen molar-refractivity contribution in [1.29, 1.82) is 0 Å². The maximum atomic E-state index is 13.8. The van der Waals surface area contributed by atoms with Gasteiger partial charge >= 0.3 is 12.4 Å². The average Bonchev–Trinajstić information content (AvgIpc) is 2.84. The van der Waals surface area contributed by atoms with Crippen LogP contribution in [0.5, 0.6) is 0 Å². The Hall–Kier alpha value is -2.23. The monoisotopic (exact) mass is 629 g/mol. The van der Waals surface area contributed by atoms with Gasteiger partial charge in [-0.1, -0.05) is 73.3 Å². The van der Waals surface area contributed by atoms with Gasteiger partial charge in [0.25, 0.3) is 5.91 Å². The van der Waals surface area contributed by atoms with E-state index in [1.165, 1.54) is 6.92 Å². The van der Waals surface area contributed by atoms with Crippen LogP contribution in [0.1, 0.15) is 79.4 Å². The van der Waals surface area contributed by atoms with E-state index in [1.807, 2.05) is 13.8 Å². The van der Waals surface area contributed by atoms with Gasteiger partial charge in [-0.2, -0.15) is 26.3 Å². The lowest BCUT2D eigenvalue weighted by Gasteiger charge is -2.19. The Morgan fingerprint density at radius 3 is 2.10 bits per heavy atom. The number of hydrogen-bond acceptors (Lipinski definition) is 2. The van der Waals surface area contributed by atoms with Crippen molar-refractivity contribution >= 4 is 52.6 Å². The number of allylic oxidation sites excluding steroid dienone is 1. The van der Waals surface area contributed by atoms with Crippen molar-refractivity contribution in [2.24, 2.45) is 5.92 Å². The second kappa shape index (κ2) is 14.1. The van der Waals surface area contributed by atoms with E-state index in [0.717, 1.165) is 36.8 Å². The lowest BCUT2D eigenvalue weighted by atomic mass is 9.96. The minimum absolute atomic E-state index is 0.0398. The van der Waals surface area contributed by atoms with Gasteiger partial charge in [0.05, 0.1) is 32.1 Å². The Bertz CT molecular complexity index is 1220. The molecule has 0 radical (unpaired) electrons. The van der Waals surface area contributed by atoms with Gasteiger partial charge in [-0.25, -0.2) is 0 Å². The van der Waals surface area contributed by atoms with Gasteiger partial charge in [-0.05, 0) is 54.7 Å². The molecule has 0 saturated carbocycles.